The fourth-order valence-electron chi connectivity index (χ4n) is 4.17. The summed E-state index contributed by atoms with van der Waals surface area (Å²) in [6.07, 6.45) is 8.55. The highest BCUT2D eigenvalue weighted by atomic mass is 19.3. The topological polar surface area (TPSA) is 65.2 Å². The minimum Gasteiger partial charge on any atom is -0.381 e. The number of alkyl halides is 2. The fourth-order valence-corrected chi connectivity index (χ4v) is 4.17. The number of amides is 1. The Hall–Kier alpha value is -2.81. The summed E-state index contributed by atoms with van der Waals surface area (Å²) in [5, 5.41) is 5.33. The predicted molar refractivity (Wildman–Crippen MR) is 106 cm³/mol. The van der Waals surface area contributed by atoms with Gasteiger partial charge in [0.2, 0.25) is 0 Å². The number of hydrogen-bond acceptors (Lipinski definition) is 4. The van der Waals surface area contributed by atoms with Crippen LogP contribution < -0.4 is 0 Å². The van der Waals surface area contributed by atoms with Gasteiger partial charge in [-0.1, -0.05) is 0 Å². The van der Waals surface area contributed by atoms with E-state index in [0.717, 1.165) is 42.8 Å². The minimum atomic E-state index is -2.68. The maximum Gasteiger partial charge on any atom is 0.255 e. The van der Waals surface area contributed by atoms with Crippen LogP contribution >= 0.6 is 0 Å². The van der Waals surface area contributed by atoms with Crippen LogP contribution in [-0.2, 0) is 4.74 Å². The molecule has 0 N–H and O–H groups in total. The molecule has 2 saturated heterocycles. The number of fused-ring (bicyclic) bond motifs is 1. The molecule has 0 bridgehead atoms. The van der Waals surface area contributed by atoms with E-state index in [0.29, 0.717) is 11.6 Å². The first-order valence-corrected chi connectivity index (χ1v) is 10.3. The molecule has 2 fully saturated rings. The van der Waals surface area contributed by atoms with Gasteiger partial charge in [-0.05, 0) is 25.0 Å². The summed E-state index contributed by atoms with van der Waals surface area (Å²) in [4.78, 5) is 18.7. The lowest BCUT2D eigenvalue weighted by Gasteiger charge is -2.31. The van der Waals surface area contributed by atoms with Crippen LogP contribution in [0.15, 0.2) is 36.9 Å². The Kier molecular flexibility index (Phi) is 4.77. The highest BCUT2D eigenvalue weighted by Crippen LogP contribution is 2.29. The minimum absolute atomic E-state index is 0.0657. The normalized spacial score (nSPS) is 20.0. The van der Waals surface area contributed by atoms with Gasteiger partial charge < -0.3 is 9.64 Å². The van der Waals surface area contributed by atoms with Crippen LogP contribution in [0.4, 0.5) is 8.78 Å². The number of halogens is 2. The van der Waals surface area contributed by atoms with Gasteiger partial charge in [0.25, 0.3) is 11.8 Å². The van der Waals surface area contributed by atoms with Crippen molar-refractivity contribution in [3.8, 4) is 5.69 Å². The van der Waals surface area contributed by atoms with Gasteiger partial charge in [-0.25, -0.2) is 13.8 Å². The molecule has 5 heterocycles. The first-order valence-electron chi connectivity index (χ1n) is 10.3. The van der Waals surface area contributed by atoms with Gasteiger partial charge in [0.05, 0.1) is 23.5 Å². The summed E-state index contributed by atoms with van der Waals surface area (Å²) in [6.45, 7) is 1.63. The average molecular weight is 415 g/mol. The fraction of sp³-hybridized carbons (Fsp3) is 0.476. The Labute approximate surface area is 172 Å². The van der Waals surface area contributed by atoms with E-state index >= 15 is 0 Å². The summed E-state index contributed by atoms with van der Waals surface area (Å²) < 4.78 is 36.1. The molecule has 0 atom stereocenters. The van der Waals surface area contributed by atoms with Crippen molar-refractivity contribution < 1.29 is 18.3 Å². The molecule has 0 aromatic carbocycles. The van der Waals surface area contributed by atoms with Crippen molar-refractivity contribution >= 4 is 16.9 Å². The summed E-state index contributed by atoms with van der Waals surface area (Å²) in [5.41, 5.74) is 2.05. The van der Waals surface area contributed by atoms with Gasteiger partial charge in [-0.3, -0.25) is 14.0 Å². The zero-order chi connectivity index (χ0) is 20.7. The van der Waals surface area contributed by atoms with Gasteiger partial charge in [0.15, 0.2) is 0 Å². The third-order valence-corrected chi connectivity index (χ3v) is 5.99. The van der Waals surface area contributed by atoms with Crippen molar-refractivity contribution in [3.63, 3.8) is 0 Å². The number of aromatic nitrogens is 4. The van der Waals surface area contributed by atoms with E-state index in [4.69, 9.17) is 4.74 Å². The molecule has 9 heteroatoms. The molecule has 7 nitrogen and oxygen atoms in total. The van der Waals surface area contributed by atoms with Crippen LogP contribution in [0.5, 0.6) is 0 Å². The van der Waals surface area contributed by atoms with Crippen molar-refractivity contribution in [3.05, 3.63) is 42.5 Å². The molecule has 30 heavy (non-hydrogen) atoms. The molecule has 0 saturated carbocycles. The predicted octanol–water partition coefficient (Wildman–Crippen LogP) is 3.44. The number of pyridine rings is 1. The highest BCUT2D eigenvalue weighted by molar-refractivity contribution is 5.97. The monoisotopic (exact) mass is 415 g/mol. The first-order chi connectivity index (χ1) is 14.5. The number of rotatable bonds is 3. The number of carbonyl (C=O) groups is 1. The Morgan fingerprint density at radius 1 is 1.17 bits per heavy atom. The Balaban J connectivity index is 1.37. The number of ether oxygens (including phenoxy) is 1. The van der Waals surface area contributed by atoms with Crippen molar-refractivity contribution in [2.45, 2.75) is 37.6 Å². The molecule has 0 radical (unpaired) electrons. The molecule has 3 aromatic heterocycles. The summed E-state index contributed by atoms with van der Waals surface area (Å²) in [6, 6.07) is 4.01. The molecule has 0 aliphatic carbocycles. The van der Waals surface area contributed by atoms with Crippen LogP contribution in [0.2, 0.25) is 0 Å². The van der Waals surface area contributed by atoms with Crippen LogP contribution in [0.1, 0.15) is 42.1 Å². The second-order valence-corrected chi connectivity index (χ2v) is 7.99. The lowest BCUT2D eigenvalue weighted by Crippen LogP contribution is -2.42. The molecular formula is C21H23F2N5O2. The number of carbonyl (C=O) groups excluding carboxylic acids is 1. The zero-order valence-electron chi connectivity index (χ0n) is 16.5. The molecular weight excluding hydrogens is 392 g/mol. The summed E-state index contributed by atoms with van der Waals surface area (Å²) in [5.74, 6) is -2.93. The maximum absolute atomic E-state index is 13.4. The molecule has 1 amide bonds. The zero-order valence-corrected chi connectivity index (χ0v) is 16.5. The number of hydrogen-bond donors (Lipinski definition) is 0. The average Bonchev–Trinajstić information content (AvgIpc) is 3.40. The van der Waals surface area contributed by atoms with Crippen LogP contribution in [0.25, 0.3) is 16.7 Å². The summed E-state index contributed by atoms with van der Waals surface area (Å²) in [7, 11) is 0. The lowest BCUT2D eigenvalue weighted by molar-refractivity contribution is -0.0494. The van der Waals surface area contributed by atoms with Gasteiger partial charge in [-0.2, -0.15) is 5.10 Å². The lowest BCUT2D eigenvalue weighted by atomic mass is 10.1. The van der Waals surface area contributed by atoms with E-state index in [1.807, 2.05) is 33.9 Å². The Bertz CT molecular complexity index is 1060. The van der Waals surface area contributed by atoms with Crippen molar-refractivity contribution in [2.75, 3.05) is 26.3 Å². The largest absolute Gasteiger partial charge is 0.381 e. The van der Waals surface area contributed by atoms with Gasteiger partial charge in [0, 0.05) is 63.1 Å². The maximum atomic E-state index is 13.4. The molecule has 2 aliphatic rings. The Morgan fingerprint density at radius 3 is 2.70 bits per heavy atom. The van der Waals surface area contributed by atoms with Crippen molar-refractivity contribution in [1.82, 2.24) is 24.2 Å². The van der Waals surface area contributed by atoms with Crippen molar-refractivity contribution in [1.29, 1.82) is 0 Å². The second-order valence-electron chi connectivity index (χ2n) is 7.99. The number of nitrogens with zero attached hydrogens (tertiary/aromatic N) is 5. The second kappa shape index (κ2) is 7.46. The molecule has 2 aliphatic heterocycles. The van der Waals surface area contributed by atoms with Crippen LogP contribution in [0.3, 0.4) is 0 Å². The van der Waals surface area contributed by atoms with Crippen LogP contribution in [0, 0.1) is 0 Å². The number of piperidine rings is 1. The third-order valence-electron chi connectivity index (χ3n) is 5.99. The van der Waals surface area contributed by atoms with E-state index in [2.05, 4.69) is 10.1 Å². The van der Waals surface area contributed by atoms with E-state index in [9.17, 15) is 13.6 Å². The molecule has 3 aromatic rings. The van der Waals surface area contributed by atoms with Gasteiger partial charge in [0.1, 0.15) is 5.65 Å². The quantitative estimate of drug-likeness (QED) is 0.657. The van der Waals surface area contributed by atoms with Crippen LogP contribution in [-0.4, -0.2) is 62.4 Å². The highest BCUT2D eigenvalue weighted by Gasteiger charge is 2.35. The summed E-state index contributed by atoms with van der Waals surface area (Å²) >= 11 is 0. The van der Waals surface area contributed by atoms with E-state index in [1.54, 1.807) is 6.07 Å². The van der Waals surface area contributed by atoms with E-state index in [-0.39, 0.29) is 31.8 Å². The van der Waals surface area contributed by atoms with E-state index in [1.165, 1.54) is 11.1 Å². The van der Waals surface area contributed by atoms with Crippen molar-refractivity contribution in [2.24, 2.45) is 0 Å². The molecule has 5 rings (SSSR count). The third kappa shape index (κ3) is 3.58. The first kappa shape index (κ1) is 19.2. The SMILES string of the molecule is O=C(c1cnc2c(ccn2-c2cnn(C3CCOCC3)c2)c1)N1CCC(F)(F)CC1. The molecule has 158 valence electrons. The smallest absolute Gasteiger partial charge is 0.255 e. The Morgan fingerprint density at radius 2 is 1.93 bits per heavy atom. The van der Waals surface area contributed by atoms with E-state index < -0.39 is 5.92 Å². The van der Waals surface area contributed by atoms with Gasteiger partial charge >= 0.3 is 0 Å². The molecule has 0 spiro atoms. The standard InChI is InChI=1S/C21H23F2N5O2/c22-21(23)4-7-26(8-5-21)20(29)16-11-15-1-6-27(19(15)24-12-16)18-13-25-28(14-18)17-2-9-30-10-3-17/h1,6,11-14,17H,2-5,7-10H2. The molecule has 0 unspecified atom stereocenters. The van der Waals surface area contributed by atoms with Gasteiger partial charge in [-0.15, -0.1) is 0 Å². The number of likely N-dealkylation sites (tertiary alicyclic amines) is 1.